The zero-order valence-corrected chi connectivity index (χ0v) is 11.2. The van der Waals surface area contributed by atoms with Crippen molar-refractivity contribution in [1.82, 2.24) is 0 Å². The first-order chi connectivity index (χ1) is 7.19. The van der Waals surface area contributed by atoms with Gasteiger partial charge in [0, 0.05) is 16.3 Å². The molecule has 0 heterocycles. The molecule has 0 amide bonds. The second-order valence-electron chi connectivity index (χ2n) is 3.20. The van der Waals surface area contributed by atoms with Gasteiger partial charge in [0.15, 0.2) is 0 Å². The molecule has 1 N–H and O–H groups in total. The molecule has 4 heteroatoms. The maximum atomic E-state index is 9.00. The molecule has 15 heavy (non-hydrogen) atoms. The predicted octanol–water partition coefficient (Wildman–Crippen LogP) is 3.48. The van der Waals surface area contributed by atoms with Crippen LogP contribution in [0.15, 0.2) is 22.7 Å². The minimum absolute atomic E-state index is 0.538. The lowest BCUT2D eigenvalue weighted by molar-refractivity contribution is 1.00. The molecule has 0 aliphatic rings. The Labute approximate surface area is 103 Å². The van der Waals surface area contributed by atoms with Gasteiger partial charge in [-0.25, -0.2) is 0 Å². The van der Waals surface area contributed by atoms with Crippen LogP contribution in [-0.4, -0.2) is 18.1 Å². The van der Waals surface area contributed by atoms with Crippen LogP contribution in [0.1, 0.15) is 12.5 Å². The van der Waals surface area contributed by atoms with Gasteiger partial charge in [-0.2, -0.15) is 17.0 Å². The summed E-state index contributed by atoms with van der Waals surface area (Å²) in [6.07, 6.45) is 2.08. The summed E-state index contributed by atoms with van der Waals surface area (Å²) in [6, 6.07) is 7.92. The fraction of sp³-hybridized carbons (Fsp3) is 0.364. The van der Waals surface area contributed by atoms with Gasteiger partial charge in [-0.3, -0.25) is 0 Å². The number of rotatable bonds is 4. The highest BCUT2D eigenvalue weighted by atomic mass is 79.9. The van der Waals surface area contributed by atoms with Gasteiger partial charge in [0.05, 0.1) is 11.3 Å². The maximum Gasteiger partial charge on any atom is 0.103 e. The molecule has 1 atom stereocenters. The van der Waals surface area contributed by atoms with Gasteiger partial charge in [-0.05, 0) is 34.3 Å². The average molecular weight is 285 g/mol. The third kappa shape index (κ3) is 3.44. The molecule has 0 saturated carbocycles. The van der Waals surface area contributed by atoms with Gasteiger partial charge in [0.1, 0.15) is 6.07 Å². The first-order valence-electron chi connectivity index (χ1n) is 4.64. The van der Waals surface area contributed by atoms with Crippen LogP contribution in [-0.2, 0) is 0 Å². The SMILES string of the molecule is CSC(C)CNc1cccc(Br)c1C#N. The summed E-state index contributed by atoms with van der Waals surface area (Å²) in [5.41, 5.74) is 1.57. The van der Waals surface area contributed by atoms with Crippen LogP contribution in [0.5, 0.6) is 0 Å². The summed E-state index contributed by atoms with van der Waals surface area (Å²) in [5, 5.41) is 12.8. The van der Waals surface area contributed by atoms with E-state index in [-0.39, 0.29) is 0 Å². The van der Waals surface area contributed by atoms with Crippen LogP contribution in [0.4, 0.5) is 5.69 Å². The van der Waals surface area contributed by atoms with Gasteiger partial charge in [-0.15, -0.1) is 0 Å². The van der Waals surface area contributed by atoms with E-state index in [0.29, 0.717) is 10.8 Å². The normalized spacial score (nSPS) is 11.9. The fourth-order valence-corrected chi connectivity index (χ4v) is 1.83. The van der Waals surface area contributed by atoms with Gasteiger partial charge in [0.2, 0.25) is 0 Å². The van der Waals surface area contributed by atoms with Gasteiger partial charge in [0.25, 0.3) is 0 Å². The minimum atomic E-state index is 0.538. The highest BCUT2D eigenvalue weighted by molar-refractivity contribution is 9.10. The Morgan fingerprint density at radius 2 is 2.33 bits per heavy atom. The van der Waals surface area contributed by atoms with E-state index in [1.807, 2.05) is 18.2 Å². The lowest BCUT2D eigenvalue weighted by atomic mass is 10.2. The Morgan fingerprint density at radius 1 is 1.60 bits per heavy atom. The van der Waals surface area contributed by atoms with Crippen molar-refractivity contribution in [2.45, 2.75) is 12.2 Å². The molecule has 0 saturated heterocycles. The molecule has 0 aliphatic heterocycles. The van der Waals surface area contributed by atoms with Gasteiger partial charge in [-0.1, -0.05) is 13.0 Å². The molecule has 1 aromatic rings. The molecule has 80 valence electrons. The molecule has 0 fully saturated rings. The van der Waals surface area contributed by atoms with Crippen LogP contribution in [0.2, 0.25) is 0 Å². The number of anilines is 1. The van der Waals surface area contributed by atoms with Crippen LogP contribution >= 0.6 is 27.7 Å². The van der Waals surface area contributed by atoms with Crippen molar-refractivity contribution in [1.29, 1.82) is 5.26 Å². The van der Waals surface area contributed by atoms with Crippen molar-refractivity contribution >= 4 is 33.4 Å². The number of nitriles is 1. The number of halogens is 1. The molecule has 1 aromatic carbocycles. The van der Waals surface area contributed by atoms with E-state index in [4.69, 9.17) is 5.26 Å². The molecular formula is C11H13BrN2S. The van der Waals surface area contributed by atoms with Crippen LogP contribution in [0, 0.1) is 11.3 Å². The Balaban J connectivity index is 2.77. The van der Waals surface area contributed by atoms with Gasteiger partial charge >= 0.3 is 0 Å². The number of nitrogens with zero attached hydrogens (tertiary/aromatic N) is 1. The number of benzene rings is 1. The number of nitrogens with one attached hydrogen (secondary N) is 1. The first-order valence-corrected chi connectivity index (χ1v) is 6.72. The Hall–Kier alpha value is -0.660. The Kier molecular flexibility index (Phi) is 5.00. The molecule has 0 radical (unpaired) electrons. The zero-order chi connectivity index (χ0) is 11.3. The van der Waals surface area contributed by atoms with E-state index in [0.717, 1.165) is 16.7 Å². The van der Waals surface area contributed by atoms with E-state index < -0.39 is 0 Å². The topological polar surface area (TPSA) is 35.8 Å². The lowest BCUT2D eigenvalue weighted by Gasteiger charge is -2.12. The summed E-state index contributed by atoms with van der Waals surface area (Å²) in [4.78, 5) is 0. The van der Waals surface area contributed by atoms with Crippen molar-refractivity contribution in [3.63, 3.8) is 0 Å². The summed E-state index contributed by atoms with van der Waals surface area (Å²) in [5.74, 6) is 0. The molecule has 0 spiro atoms. The summed E-state index contributed by atoms with van der Waals surface area (Å²) in [6.45, 7) is 3.02. The summed E-state index contributed by atoms with van der Waals surface area (Å²) < 4.78 is 0.840. The molecule has 0 bridgehead atoms. The van der Waals surface area contributed by atoms with Crippen molar-refractivity contribution in [2.24, 2.45) is 0 Å². The standard InChI is InChI=1S/C11H13BrN2S/c1-8(15-2)7-14-11-5-3-4-10(12)9(11)6-13/h3-5,8,14H,7H2,1-2H3. The molecule has 1 rings (SSSR count). The lowest BCUT2D eigenvalue weighted by Crippen LogP contribution is -2.13. The molecule has 1 unspecified atom stereocenters. The quantitative estimate of drug-likeness (QED) is 0.920. The first kappa shape index (κ1) is 12.4. The smallest absolute Gasteiger partial charge is 0.103 e. The monoisotopic (exact) mass is 284 g/mol. The minimum Gasteiger partial charge on any atom is -0.383 e. The molecule has 2 nitrogen and oxygen atoms in total. The third-order valence-electron chi connectivity index (χ3n) is 2.11. The van der Waals surface area contributed by atoms with E-state index in [9.17, 15) is 0 Å². The van der Waals surface area contributed by atoms with Crippen LogP contribution in [0.3, 0.4) is 0 Å². The van der Waals surface area contributed by atoms with E-state index in [1.54, 1.807) is 11.8 Å². The second kappa shape index (κ2) is 6.04. The van der Waals surface area contributed by atoms with E-state index in [2.05, 4.69) is 40.5 Å². The fourth-order valence-electron chi connectivity index (χ4n) is 1.12. The van der Waals surface area contributed by atoms with Crippen molar-refractivity contribution < 1.29 is 0 Å². The number of hydrogen-bond donors (Lipinski definition) is 1. The molecular weight excluding hydrogens is 272 g/mol. The zero-order valence-electron chi connectivity index (χ0n) is 8.75. The Morgan fingerprint density at radius 3 is 2.93 bits per heavy atom. The number of hydrogen-bond acceptors (Lipinski definition) is 3. The molecule has 0 aromatic heterocycles. The highest BCUT2D eigenvalue weighted by Crippen LogP contribution is 2.24. The van der Waals surface area contributed by atoms with E-state index in [1.165, 1.54) is 0 Å². The van der Waals surface area contributed by atoms with Crippen molar-refractivity contribution in [2.75, 3.05) is 18.1 Å². The third-order valence-corrected chi connectivity index (χ3v) is 3.74. The Bertz CT molecular complexity index is 373. The number of thioether (sulfide) groups is 1. The molecule has 0 aliphatic carbocycles. The second-order valence-corrected chi connectivity index (χ2v) is 5.33. The average Bonchev–Trinajstić information content (AvgIpc) is 2.25. The van der Waals surface area contributed by atoms with Gasteiger partial charge < -0.3 is 5.32 Å². The van der Waals surface area contributed by atoms with Crippen LogP contribution in [0.25, 0.3) is 0 Å². The summed E-state index contributed by atoms with van der Waals surface area (Å²) in [7, 11) is 0. The largest absolute Gasteiger partial charge is 0.383 e. The van der Waals surface area contributed by atoms with Crippen molar-refractivity contribution in [3.05, 3.63) is 28.2 Å². The van der Waals surface area contributed by atoms with E-state index >= 15 is 0 Å². The summed E-state index contributed by atoms with van der Waals surface area (Å²) >= 11 is 5.17. The highest BCUT2D eigenvalue weighted by Gasteiger charge is 2.06. The predicted molar refractivity (Wildman–Crippen MR) is 70.3 cm³/mol. The maximum absolute atomic E-state index is 9.00. The van der Waals surface area contributed by atoms with Crippen molar-refractivity contribution in [3.8, 4) is 6.07 Å². The van der Waals surface area contributed by atoms with Crippen LogP contribution < -0.4 is 5.32 Å².